The van der Waals surface area contributed by atoms with Crippen molar-refractivity contribution in [1.29, 1.82) is 0 Å². The molecule has 0 radical (unpaired) electrons. The Hall–Kier alpha value is -2.76. The number of hydrogen-bond acceptors (Lipinski definition) is 4. The van der Waals surface area contributed by atoms with Crippen molar-refractivity contribution in [3.05, 3.63) is 59.2 Å². The standard InChI is InChI=1S/C12H8N4O2/c17-16(18)12-7-15(8-14-12)11-5-6-13-10-4-2-1-3-9(10)11/h1-8H. The van der Waals surface area contributed by atoms with Crippen LogP contribution in [0.2, 0.25) is 0 Å². The van der Waals surface area contributed by atoms with E-state index in [1.807, 2.05) is 24.3 Å². The van der Waals surface area contributed by atoms with Gasteiger partial charge in [0.15, 0.2) is 0 Å². The van der Waals surface area contributed by atoms with Crippen LogP contribution in [0.15, 0.2) is 49.1 Å². The maximum absolute atomic E-state index is 10.6. The summed E-state index contributed by atoms with van der Waals surface area (Å²) in [5, 5.41) is 11.5. The maximum Gasteiger partial charge on any atom is 0.381 e. The van der Waals surface area contributed by atoms with Crippen LogP contribution in [0.5, 0.6) is 0 Å². The summed E-state index contributed by atoms with van der Waals surface area (Å²) < 4.78 is 1.63. The first-order valence-corrected chi connectivity index (χ1v) is 5.28. The highest BCUT2D eigenvalue weighted by Gasteiger charge is 2.12. The third-order valence-corrected chi connectivity index (χ3v) is 2.66. The third kappa shape index (κ3) is 1.60. The SMILES string of the molecule is O=[N+]([O-])c1cn(-c2ccnc3ccccc23)cn1. The van der Waals surface area contributed by atoms with Crippen LogP contribution < -0.4 is 0 Å². The predicted octanol–water partition coefficient (Wildman–Crippen LogP) is 2.33. The van der Waals surface area contributed by atoms with Gasteiger partial charge in [0.1, 0.15) is 6.20 Å². The van der Waals surface area contributed by atoms with Gasteiger partial charge in [-0.1, -0.05) is 18.2 Å². The molecule has 0 amide bonds. The summed E-state index contributed by atoms with van der Waals surface area (Å²) in [4.78, 5) is 18.1. The molecule has 0 bridgehead atoms. The van der Waals surface area contributed by atoms with Crippen LogP contribution in [-0.2, 0) is 0 Å². The highest BCUT2D eigenvalue weighted by Crippen LogP contribution is 2.21. The van der Waals surface area contributed by atoms with Crippen LogP contribution in [-0.4, -0.2) is 19.5 Å². The molecule has 0 spiro atoms. The Bertz CT molecular complexity index is 730. The zero-order chi connectivity index (χ0) is 12.5. The van der Waals surface area contributed by atoms with E-state index >= 15 is 0 Å². The topological polar surface area (TPSA) is 73.8 Å². The van der Waals surface area contributed by atoms with Crippen LogP contribution in [0.1, 0.15) is 0 Å². The molecular weight excluding hydrogens is 232 g/mol. The van der Waals surface area contributed by atoms with E-state index in [1.54, 1.807) is 16.8 Å². The highest BCUT2D eigenvalue weighted by molar-refractivity contribution is 5.86. The van der Waals surface area contributed by atoms with Gasteiger partial charge in [-0.3, -0.25) is 9.55 Å². The van der Waals surface area contributed by atoms with Crippen molar-refractivity contribution in [2.45, 2.75) is 0 Å². The van der Waals surface area contributed by atoms with Gasteiger partial charge in [0.25, 0.3) is 0 Å². The second-order valence-corrected chi connectivity index (χ2v) is 3.74. The van der Waals surface area contributed by atoms with E-state index in [2.05, 4.69) is 9.97 Å². The first-order valence-electron chi connectivity index (χ1n) is 5.28. The number of pyridine rings is 1. The molecule has 0 aliphatic carbocycles. The number of benzene rings is 1. The van der Waals surface area contributed by atoms with E-state index in [0.29, 0.717) is 0 Å². The molecule has 0 atom stereocenters. The number of hydrogen-bond donors (Lipinski definition) is 0. The lowest BCUT2D eigenvalue weighted by molar-refractivity contribution is -0.389. The summed E-state index contributed by atoms with van der Waals surface area (Å²) in [7, 11) is 0. The zero-order valence-electron chi connectivity index (χ0n) is 9.22. The first-order chi connectivity index (χ1) is 8.75. The number of nitro groups is 1. The number of rotatable bonds is 2. The molecule has 0 aliphatic heterocycles. The van der Waals surface area contributed by atoms with Gasteiger partial charge >= 0.3 is 5.82 Å². The van der Waals surface area contributed by atoms with E-state index in [-0.39, 0.29) is 5.82 Å². The summed E-state index contributed by atoms with van der Waals surface area (Å²) in [5.41, 5.74) is 1.66. The first kappa shape index (κ1) is 10.4. The summed E-state index contributed by atoms with van der Waals surface area (Å²) >= 11 is 0. The van der Waals surface area contributed by atoms with Crippen LogP contribution in [0.3, 0.4) is 0 Å². The van der Waals surface area contributed by atoms with Crippen LogP contribution in [0, 0.1) is 10.1 Å². The molecule has 3 rings (SSSR count). The van der Waals surface area contributed by atoms with Crippen LogP contribution >= 0.6 is 0 Å². The summed E-state index contributed by atoms with van der Waals surface area (Å²) in [6.45, 7) is 0. The van der Waals surface area contributed by atoms with Gasteiger partial charge in [-0.25, -0.2) is 0 Å². The fourth-order valence-electron chi connectivity index (χ4n) is 1.84. The molecule has 0 saturated carbocycles. The van der Waals surface area contributed by atoms with E-state index in [0.717, 1.165) is 16.6 Å². The largest absolute Gasteiger partial charge is 0.381 e. The fourth-order valence-corrected chi connectivity index (χ4v) is 1.84. The Morgan fingerprint density at radius 1 is 1.17 bits per heavy atom. The minimum Gasteiger partial charge on any atom is -0.358 e. The second-order valence-electron chi connectivity index (χ2n) is 3.74. The average Bonchev–Trinajstić information content (AvgIpc) is 2.87. The Morgan fingerprint density at radius 2 is 2.00 bits per heavy atom. The summed E-state index contributed by atoms with van der Waals surface area (Å²) in [5.74, 6) is -0.170. The van der Waals surface area contributed by atoms with E-state index in [1.165, 1.54) is 12.5 Å². The quantitative estimate of drug-likeness (QED) is 0.509. The van der Waals surface area contributed by atoms with E-state index in [4.69, 9.17) is 0 Å². The molecule has 3 aromatic rings. The van der Waals surface area contributed by atoms with Crippen molar-refractivity contribution in [3.8, 4) is 5.69 Å². The van der Waals surface area contributed by atoms with Gasteiger partial charge in [-0.15, -0.1) is 0 Å². The van der Waals surface area contributed by atoms with Crippen molar-refractivity contribution in [1.82, 2.24) is 14.5 Å². The van der Waals surface area contributed by atoms with Gasteiger partial charge in [-0.05, 0) is 22.0 Å². The lowest BCUT2D eigenvalue weighted by Crippen LogP contribution is -1.93. The second kappa shape index (κ2) is 3.92. The summed E-state index contributed by atoms with van der Waals surface area (Å²) in [6, 6.07) is 9.41. The van der Waals surface area contributed by atoms with E-state index < -0.39 is 4.92 Å². The lowest BCUT2D eigenvalue weighted by atomic mass is 10.2. The van der Waals surface area contributed by atoms with Gasteiger partial charge in [0.2, 0.25) is 6.33 Å². The van der Waals surface area contributed by atoms with Gasteiger partial charge < -0.3 is 10.1 Å². The molecule has 0 aliphatic rings. The fraction of sp³-hybridized carbons (Fsp3) is 0. The molecule has 0 unspecified atom stereocenters. The minimum absolute atomic E-state index is 0.170. The Labute approximate surface area is 102 Å². The molecule has 0 saturated heterocycles. The third-order valence-electron chi connectivity index (χ3n) is 2.66. The molecule has 6 heteroatoms. The Balaban J connectivity index is 2.21. The number of imidazole rings is 1. The number of nitrogens with zero attached hydrogens (tertiary/aromatic N) is 4. The van der Waals surface area contributed by atoms with Gasteiger partial charge in [0, 0.05) is 11.6 Å². The molecule has 6 nitrogen and oxygen atoms in total. The van der Waals surface area contributed by atoms with E-state index in [9.17, 15) is 10.1 Å². The Morgan fingerprint density at radius 3 is 2.78 bits per heavy atom. The number of fused-ring (bicyclic) bond motifs is 1. The molecule has 18 heavy (non-hydrogen) atoms. The van der Waals surface area contributed by atoms with Crippen molar-refractivity contribution in [2.75, 3.05) is 0 Å². The monoisotopic (exact) mass is 240 g/mol. The predicted molar refractivity (Wildman–Crippen MR) is 65.5 cm³/mol. The van der Waals surface area contributed by atoms with Crippen molar-refractivity contribution < 1.29 is 4.92 Å². The van der Waals surface area contributed by atoms with Crippen molar-refractivity contribution >= 4 is 16.7 Å². The smallest absolute Gasteiger partial charge is 0.358 e. The molecule has 2 heterocycles. The molecule has 0 N–H and O–H groups in total. The number of para-hydroxylation sites is 1. The maximum atomic E-state index is 10.6. The van der Waals surface area contributed by atoms with Crippen LogP contribution in [0.25, 0.3) is 16.6 Å². The zero-order valence-corrected chi connectivity index (χ0v) is 9.22. The molecule has 1 aromatic carbocycles. The molecular formula is C12H8N4O2. The lowest BCUT2D eigenvalue weighted by Gasteiger charge is -2.04. The number of aromatic nitrogens is 3. The summed E-state index contributed by atoms with van der Waals surface area (Å²) in [6.07, 6.45) is 4.49. The van der Waals surface area contributed by atoms with Crippen molar-refractivity contribution in [3.63, 3.8) is 0 Å². The normalized spacial score (nSPS) is 10.7. The Kier molecular flexibility index (Phi) is 2.26. The van der Waals surface area contributed by atoms with Gasteiger partial charge in [-0.2, -0.15) is 0 Å². The average molecular weight is 240 g/mol. The molecule has 0 fully saturated rings. The minimum atomic E-state index is -0.514. The molecule has 2 aromatic heterocycles. The van der Waals surface area contributed by atoms with Gasteiger partial charge in [0.05, 0.1) is 11.2 Å². The van der Waals surface area contributed by atoms with Crippen molar-refractivity contribution in [2.24, 2.45) is 0 Å². The molecule has 88 valence electrons. The van der Waals surface area contributed by atoms with Crippen LogP contribution in [0.4, 0.5) is 5.82 Å². The highest BCUT2D eigenvalue weighted by atomic mass is 16.6.